The van der Waals surface area contributed by atoms with Gasteiger partial charge < -0.3 is 10.5 Å². The standard InChI is InChI=1S/C14H15N3O3S/c1-3-20-12-5-4-9(6-10(12)15)13(19)17-14-16-11(7-21-14)8(2)18/h4-7H,3,15H2,1-2H3,(H,16,17,19). The summed E-state index contributed by atoms with van der Waals surface area (Å²) in [5.41, 5.74) is 6.95. The van der Waals surface area contributed by atoms with Gasteiger partial charge in [-0.05, 0) is 25.1 Å². The molecule has 110 valence electrons. The van der Waals surface area contributed by atoms with Crippen molar-refractivity contribution < 1.29 is 14.3 Å². The Morgan fingerprint density at radius 3 is 2.76 bits per heavy atom. The summed E-state index contributed by atoms with van der Waals surface area (Å²) in [5, 5.41) is 4.61. The highest BCUT2D eigenvalue weighted by atomic mass is 32.1. The highest BCUT2D eigenvalue weighted by Crippen LogP contribution is 2.23. The second kappa shape index (κ2) is 6.36. The van der Waals surface area contributed by atoms with E-state index in [-0.39, 0.29) is 11.7 Å². The van der Waals surface area contributed by atoms with Crippen molar-refractivity contribution in [1.29, 1.82) is 0 Å². The summed E-state index contributed by atoms with van der Waals surface area (Å²) in [6.07, 6.45) is 0. The van der Waals surface area contributed by atoms with Gasteiger partial charge >= 0.3 is 0 Å². The first kappa shape index (κ1) is 15.0. The van der Waals surface area contributed by atoms with Crippen molar-refractivity contribution in [2.24, 2.45) is 0 Å². The molecule has 0 radical (unpaired) electrons. The van der Waals surface area contributed by atoms with Gasteiger partial charge in [-0.2, -0.15) is 0 Å². The molecule has 2 aromatic rings. The number of carbonyl (C=O) groups is 2. The Morgan fingerprint density at radius 1 is 1.43 bits per heavy atom. The number of Topliss-reactive ketones (excluding diaryl/α,β-unsaturated/α-hetero) is 1. The zero-order valence-corrected chi connectivity index (χ0v) is 12.5. The lowest BCUT2D eigenvalue weighted by molar-refractivity contribution is 0.100. The van der Waals surface area contributed by atoms with Gasteiger partial charge in [-0.25, -0.2) is 4.98 Å². The first-order valence-corrected chi connectivity index (χ1v) is 7.19. The van der Waals surface area contributed by atoms with Crippen LogP contribution < -0.4 is 15.8 Å². The van der Waals surface area contributed by atoms with Gasteiger partial charge in [0.2, 0.25) is 0 Å². The number of amides is 1. The SMILES string of the molecule is CCOc1ccc(C(=O)Nc2nc(C(C)=O)cs2)cc1N. The lowest BCUT2D eigenvalue weighted by Crippen LogP contribution is -2.12. The predicted molar refractivity (Wildman–Crippen MR) is 82.1 cm³/mol. The number of rotatable bonds is 5. The number of aromatic nitrogens is 1. The number of nitrogens with one attached hydrogen (secondary N) is 1. The fraction of sp³-hybridized carbons (Fsp3) is 0.214. The molecule has 0 atom stereocenters. The molecule has 0 aliphatic rings. The molecule has 1 aromatic heterocycles. The van der Waals surface area contributed by atoms with Crippen LogP contribution in [0, 0.1) is 0 Å². The summed E-state index contributed by atoms with van der Waals surface area (Å²) in [5.74, 6) is 0.0634. The summed E-state index contributed by atoms with van der Waals surface area (Å²) in [4.78, 5) is 27.3. The van der Waals surface area contributed by atoms with Crippen molar-refractivity contribution >= 4 is 33.8 Å². The van der Waals surface area contributed by atoms with Crippen LogP contribution in [0.2, 0.25) is 0 Å². The van der Waals surface area contributed by atoms with Crippen LogP contribution in [0.3, 0.4) is 0 Å². The van der Waals surface area contributed by atoms with E-state index in [1.54, 1.807) is 23.6 Å². The first-order chi connectivity index (χ1) is 10.0. The van der Waals surface area contributed by atoms with E-state index in [0.717, 1.165) is 0 Å². The lowest BCUT2D eigenvalue weighted by Gasteiger charge is -2.08. The third-order valence-corrected chi connectivity index (χ3v) is 3.41. The zero-order chi connectivity index (χ0) is 15.4. The van der Waals surface area contributed by atoms with Crippen molar-refractivity contribution in [2.75, 3.05) is 17.7 Å². The zero-order valence-electron chi connectivity index (χ0n) is 11.7. The van der Waals surface area contributed by atoms with Crippen LogP contribution in [0.4, 0.5) is 10.8 Å². The highest BCUT2D eigenvalue weighted by Gasteiger charge is 2.12. The van der Waals surface area contributed by atoms with Crippen molar-refractivity contribution in [3.05, 3.63) is 34.8 Å². The molecular formula is C14H15N3O3S. The minimum Gasteiger partial charge on any atom is -0.492 e. The van der Waals surface area contributed by atoms with Crippen LogP contribution in [0.25, 0.3) is 0 Å². The Balaban J connectivity index is 2.12. The number of nitrogens with two attached hydrogens (primary N) is 1. The average molecular weight is 305 g/mol. The topological polar surface area (TPSA) is 94.3 Å². The molecule has 0 spiro atoms. The molecule has 0 saturated carbocycles. The van der Waals surface area contributed by atoms with Gasteiger partial charge in [0.15, 0.2) is 10.9 Å². The fourth-order valence-electron chi connectivity index (χ4n) is 1.64. The van der Waals surface area contributed by atoms with Crippen LogP contribution in [0.5, 0.6) is 5.75 Å². The molecule has 0 aliphatic heterocycles. The number of nitrogen functional groups attached to an aromatic ring is 1. The van der Waals surface area contributed by atoms with E-state index >= 15 is 0 Å². The van der Waals surface area contributed by atoms with Crippen LogP contribution >= 0.6 is 11.3 Å². The number of thiazole rings is 1. The molecule has 3 N–H and O–H groups in total. The second-order valence-corrected chi connectivity index (χ2v) is 5.09. The molecule has 0 fully saturated rings. The van der Waals surface area contributed by atoms with Gasteiger partial charge in [-0.15, -0.1) is 11.3 Å². The quantitative estimate of drug-likeness (QED) is 0.654. The van der Waals surface area contributed by atoms with Crippen molar-refractivity contribution in [1.82, 2.24) is 4.98 Å². The van der Waals surface area contributed by atoms with Gasteiger partial charge in [0, 0.05) is 17.9 Å². The Labute approximate surface area is 125 Å². The summed E-state index contributed by atoms with van der Waals surface area (Å²) < 4.78 is 5.31. The van der Waals surface area contributed by atoms with Gasteiger partial charge in [0.05, 0.1) is 12.3 Å². The van der Waals surface area contributed by atoms with E-state index in [4.69, 9.17) is 10.5 Å². The van der Waals surface area contributed by atoms with Crippen molar-refractivity contribution in [2.45, 2.75) is 13.8 Å². The number of ketones is 1. The number of ether oxygens (including phenoxy) is 1. The van der Waals surface area contributed by atoms with Gasteiger partial charge in [0.25, 0.3) is 5.91 Å². The number of nitrogens with zero attached hydrogens (tertiary/aromatic N) is 1. The second-order valence-electron chi connectivity index (χ2n) is 4.23. The number of hydrogen-bond donors (Lipinski definition) is 2. The molecule has 21 heavy (non-hydrogen) atoms. The third-order valence-electron chi connectivity index (χ3n) is 2.66. The van der Waals surface area contributed by atoms with E-state index in [2.05, 4.69) is 10.3 Å². The largest absolute Gasteiger partial charge is 0.492 e. The lowest BCUT2D eigenvalue weighted by atomic mass is 10.2. The molecule has 2 rings (SSSR count). The minimum absolute atomic E-state index is 0.142. The van der Waals surface area contributed by atoms with Crippen LogP contribution in [-0.4, -0.2) is 23.3 Å². The average Bonchev–Trinajstić information content (AvgIpc) is 2.90. The van der Waals surface area contributed by atoms with Gasteiger partial charge in [0.1, 0.15) is 11.4 Å². The van der Waals surface area contributed by atoms with Crippen molar-refractivity contribution in [3.63, 3.8) is 0 Å². The Morgan fingerprint density at radius 2 is 2.19 bits per heavy atom. The van der Waals surface area contributed by atoms with E-state index in [9.17, 15) is 9.59 Å². The Kier molecular flexibility index (Phi) is 4.54. The third kappa shape index (κ3) is 3.57. The van der Waals surface area contributed by atoms with Gasteiger partial charge in [-0.3, -0.25) is 14.9 Å². The molecular weight excluding hydrogens is 290 g/mol. The first-order valence-electron chi connectivity index (χ1n) is 6.31. The van der Waals surface area contributed by atoms with E-state index in [1.165, 1.54) is 18.3 Å². The number of benzene rings is 1. The molecule has 1 heterocycles. The molecule has 0 saturated heterocycles. The normalized spacial score (nSPS) is 10.2. The fourth-order valence-corrected chi connectivity index (χ4v) is 2.38. The maximum atomic E-state index is 12.1. The van der Waals surface area contributed by atoms with Crippen LogP contribution in [-0.2, 0) is 0 Å². The van der Waals surface area contributed by atoms with Crippen LogP contribution in [0.15, 0.2) is 23.6 Å². The summed E-state index contributed by atoms with van der Waals surface area (Å²) >= 11 is 1.20. The summed E-state index contributed by atoms with van der Waals surface area (Å²) in [7, 11) is 0. The summed E-state index contributed by atoms with van der Waals surface area (Å²) in [6.45, 7) is 3.78. The Hall–Kier alpha value is -2.41. The number of hydrogen-bond acceptors (Lipinski definition) is 6. The van der Waals surface area contributed by atoms with E-state index in [0.29, 0.717) is 34.4 Å². The predicted octanol–water partition coefficient (Wildman–Crippen LogP) is 2.58. The van der Waals surface area contributed by atoms with E-state index < -0.39 is 0 Å². The van der Waals surface area contributed by atoms with Crippen LogP contribution in [0.1, 0.15) is 34.7 Å². The molecule has 0 aliphatic carbocycles. The molecule has 0 unspecified atom stereocenters. The molecule has 1 amide bonds. The van der Waals surface area contributed by atoms with Crippen molar-refractivity contribution in [3.8, 4) is 5.75 Å². The number of carbonyl (C=O) groups excluding carboxylic acids is 2. The molecule has 7 heteroatoms. The molecule has 0 bridgehead atoms. The van der Waals surface area contributed by atoms with Gasteiger partial charge in [-0.1, -0.05) is 0 Å². The Bertz CT molecular complexity index is 682. The minimum atomic E-state index is -0.339. The molecule has 1 aromatic carbocycles. The summed E-state index contributed by atoms with van der Waals surface area (Å²) in [6, 6.07) is 4.81. The monoisotopic (exact) mass is 305 g/mol. The smallest absolute Gasteiger partial charge is 0.257 e. The maximum Gasteiger partial charge on any atom is 0.257 e. The highest BCUT2D eigenvalue weighted by molar-refractivity contribution is 7.14. The van der Waals surface area contributed by atoms with E-state index in [1.807, 2.05) is 6.92 Å². The molecule has 6 nitrogen and oxygen atoms in total. The number of anilines is 2. The maximum absolute atomic E-state index is 12.1.